The Hall–Kier alpha value is -0.595. The molecular weight excluding hydrogens is 310 g/mol. The summed E-state index contributed by atoms with van der Waals surface area (Å²) in [6.07, 6.45) is 0. The minimum absolute atomic E-state index is 0.283. The average Bonchev–Trinajstić information content (AvgIpc) is 2.20. The van der Waals surface area contributed by atoms with Crippen molar-refractivity contribution in [3.8, 4) is 0 Å². The van der Waals surface area contributed by atoms with Crippen LogP contribution in [0.3, 0.4) is 0 Å². The molecule has 0 spiro atoms. The molecule has 0 unspecified atom stereocenters. The van der Waals surface area contributed by atoms with E-state index in [-0.39, 0.29) is 5.46 Å². The Balaban J connectivity index is 3.31. The Morgan fingerprint density at radius 3 is 2.53 bits per heavy atom. The zero-order valence-corrected chi connectivity index (χ0v) is 10.5. The van der Waals surface area contributed by atoms with E-state index < -0.39 is 13.1 Å². The maximum atomic E-state index is 11.4. The van der Waals surface area contributed by atoms with Gasteiger partial charge in [0.15, 0.2) is 0 Å². The van der Waals surface area contributed by atoms with Gasteiger partial charge in [-0.3, -0.25) is 0 Å². The molecule has 1 aromatic carbocycles. The van der Waals surface area contributed by atoms with Gasteiger partial charge in [-0.2, -0.15) is 0 Å². The highest BCUT2D eigenvalue weighted by atomic mass is 127. The smallest absolute Gasteiger partial charge is 0.465 e. The highest BCUT2D eigenvalue weighted by Crippen LogP contribution is 2.15. The lowest BCUT2D eigenvalue weighted by molar-refractivity contribution is 0.0600. The molecular formula is C9H10BIO4. The topological polar surface area (TPSA) is 66.8 Å². The van der Waals surface area contributed by atoms with Gasteiger partial charge in [0.1, 0.15) is 0 Å². The molecule has 0 aliphatic rings. The second-order valence-corrected chi connectivity index (χ2v) is 4.20. The van der Waals surface area contributed by atoms with E-state index in [1.54, 1.807) is 13.0 Å². The zero-order valence-electron chi connectivity index (χ0n) is 8.32. The Morgan fingerprint density at radius 2 is 2.07 bits per heavy atom. The van der Waals surface area contributed by atoms with E-state index in [2.05, 4.69) is 4.74 Å². The molecule has 80 valence electrons. The fourth-order valence-electron chi connectivity index (χ4n) is 1.17. The van der Waals surface area contributed by atoms with Crippen LogP contribution in [-0.2, 0) is 4.74 Å². The van der Waals surface area contributed by atoms with Gasteiger partial charge in [0.25, 0.3) is 0 Å². The molecule has 1 aromatic rings. The number of methoxy groups -OCH3 is 1. The molecule has 0 fully saturated rings. The van der Waals surface area contributed by atoms with Crippen molar-refractivity contribution < 1.29 is 19.6 Å². The van der Waals surface area contributed by atoms with E-state index in [0.29, 0.717) is 5.56 Å². The van der Waals surface area contributed by atoms with Gasteiger partial charge in [-0.05, 0) is 52.7 Å². The first kappa shape index (κ1) is 12.5. The first-order valence-electron chi connectivity index (χ1n) is 4.22. The van der Waals surface area contributed by atoms with Gasteiger partial charge in [-0.15, -0.1) is 0 Å². The SMILES string of the molecule is COC(=O)c1cc(B(O)O)cc(I)c1C. The van der Waals surface area contributed by atoms with Crippen LogP contribution < -0.4 is 5.46 Å². The number of rotatable bonds is 2. The normalized spacial score (nSPS) is 9.93. The Kier molecular flexibility index (Phi) is 4.12. The van der Waals surface area contributed by atoms with Gasteiger partial charge in [-0.25, -0.2) is 4.79 Å². The van der Waals surface area contributed by atoms with Crippen LogP contribution in [0.15, 0.2) is 12.1 Å². The van der Waals surface area contributed by atoms with Crippen molar-refractivity contribution >= 4 is 41.1 Å². The highest BCUT2D eigenvalue weighted by Gasteiger charge is 2.18. The minimum Gasteiger partial charge on any atom is -0.465 e. The standard InChI is InChI=1S/C9H10BIO4/c1-5-7(9(12)15-2)3-6(10(13)14)4-8(5)11/h3-4,13-14H,1-2H3. The summed E-state index contributed by atoms with van der Waals surface area (Å²) in [5.41, 5.74) is 1.41. The molecule has 0 radical (unpaired) electrons. The predicted octanol–water partition coefficient (Wildman–Crippen LogP) is 0.0660. The Bertz CT molecular complexity index is 392. The quantitative estimate of drug-likeness (QED) is 0.460. The van der Waals surface area contributed by atoms with Crippen LogP contribution in [0.2, 0.25) is 0 Å². The number of hydrogen-bond donors (Lipinski definition) is 2. The summed E-state index contributed by atoms with van der Waals surface area (Å²) in [5, 5.41) is 18.0. The number of carbonyl (C=O) groups is 1. The average molecular weight is 320 g/mol. The third-order valence-corrected chi connectivity index (χ3v) is 3.19. The lowest BCUT2D eigenvalue weighted by Crippen LogP contribution is -2.31. The molecule has 2 N–H and O–H groups in total. The molecule has 0 aliphatic carbocycles. The molecule has 0 aliphatic heterocycles. The Morgan fingerprint density at radius 1 is 1.47 bits per heavy atom. The summed E-state index contributed by atoms with van der Waals surface area (Å²) in [6.45, 7) is 1.78. The molecule has 0 aromatic heterocycles. The number of esters is 1. The van der Waals surface area contributed by atoms with Crippen LogP contribution in [0.1, 0.15) is 15.9 Å². The van der Waals surface area contributed by atoms with Crippen molar-refractivity contribution in [3.05, 3.63) is 26.8 Å². The fourth-order valence-corrected chi connectivity index (χ4v) is 1.82. The van der Waals surface area contributed by atoms with E-state index in [1.165, 1.54) is 13.2 Å². The number of benzene rings is 1. The van der Waals surface area contributed by atoms with Crippen LogP contribution in [-0.4, -0.2) is 30.2 Å². The predicted molar refractivity (Wildman–Crippen MR) is 65.1 cm³/mol. The van der Waals surface area contributed by atoms with Crippen molar-refractivity contribution in [3.63, 3.8) is 0 Å². The molecule has 4 nitrogen and oxygen atoms in total. The summed E-state index contributed by atoms with van der Waals surface area (Å²) in [5.74, 6) is -0.479. The molecule has 0 amide bonds. The van der Waals surface area contributed by atoms with Gasteiger partial charge >= 0.3 is 13.1 Å². The van der Waals surface area contributed by atoms with E-state index in [0.717, 1.165) is 9.13 Å². The van der Waals surface area contributed by atoms with Crippen molar-refractivity contribution in [2.24, 2.45) is 0 Å². The lowest BCUT2D eigenvalue weighted by Gasteiger charge is -2.09. The number of halogens is 1. The van der Waals surface area contributed by atoms with Gasteiger partial charge < -0.3 is 14.8 Å². The first-order valence-corrected chi connectivity index (χ1v) is 5.29. The largest absolute Gasteiger partial charge is 0.488 e. The second-order valence-electron chi connectivity index (χ2n) is 3.04. The van der Waals surface area contributed by atoms with Gasteiger partial charge in [0, 0.05) is 3.57 Å². The summed E-state index contributed by atoms with van der Waals surface area (Å²) in [7, 11) is -0.293. The van der Waals surface area contributed by atoms with Crippen molar-refractivity contribution in [1.82, 2.24) is 0 Å². The summed E-state index contributed by atoms with van der Waals surface area (Å²) >= 11 is 2.03. The second kappa shape index (κ2) is 4.95. The lowest BCUT2D eigenvalue weighted by atomic mass is 9.79. The maximum absolute atomic E-state index is 11.4. The van der Waals surface area contributed by atoms with Crippen LogP contribution in [0.4, 0.5) is 0 Å². The van der Waals surface area contributed by atoms with E-state index >= 15 is 0 Å². The molecule has 6 heteroatoms. The van der Waals surface area contributed by atoms with Crippen LogP contribution >= 0.6 is 22.6 Å². The Labute approximate surface area is 102 Å². The van der Waals surface area contributed by atoms with Gasteiger partial charge in [0.2, 0.25) is 0 Å². The van der Waals surface area contributed by atoms with E-state index in [9.17, 15) is 4.79 Å². The van der Waals surface area contributed by atoms with Gasteiger partial charge in [-0.1, -0.05) is 0 Å². The van der Waals surface area contributed by atoms with E-state index in [1.807, 2.05) is 22.6 Å². The minimum atomic E-state index is -1.58. The number of carbonyl (C=O) groups excluding carboxylic acids is 1. The molecule has 0 atom stereocenters. The van der Waals surface area contributed by atoms with Gasteiger partial charge in [0.05, 0.1) is 12.7 Å². The first-order chi connectivity index (χ1) is 6.97. The third kappa shape index (κ3) is 2.70. The molecule has 15 heavy (non-hydrogen) atoms. The highest BCUT2D eigenvalue weighted by molar-refractivity contribution is 14.1. The summed E-state index contributed by atoms with van der Waals surface area (Å²) in [6, 6.07) is 3.04. The zero-order chi connectivity index (χ0) is 11.6. The van der Waals surface area contributed by atoms with Crippen LogP contribution in [0.25, 0.3) is 0 Å². The summed E-state index contributed by atoms with van der Waals surface area (Å²) in [4.78, 5) is 11.4. The number of hydrogen-bond acceptors (Lipinski definition) is 4. The fraction of sp³-hybridized carbons (Fsp3) is 0.222. The van der Waals surface area contributed by atoms with E-state index in [4.69, 9.17) is 10.0 Å². The molecule has 0 bridgehead atoms. The molecule has 0 saturated carbocycles. The monoisotopic (exact) mass is 320 g/mol. The van der Waals surface area contributed by atoms with Crippen LogP contribution in [0.5, 0.6) is 0 Å². The van der Waals surface area contributed by atoms with Crippen molar-refractivity contribution in [1.29, 1.82) is 0 Å². The van der Waals surface area contributed by atoms with Crippen LogP contribution in [0, 0.1) is 10.5 Å². The van der Waals surface area contributed by atoms with Crippen molar-refractivity contribution in [2.45, 2.75) is 6.92 Å². The number of ether oxygens (including phenoxy) is 1. The summed E-state index contributed by atoms with van der Waals surface area (Å²) < 4.78 is 5.39. The molecule has 0 saturated heterocycles. The molecule has 1 rings (SSSR count). The van der Waals surface area contributed by atoms with Crippen molar-refractivity contribution in [2.75, 3.05) is 7.11 Å². The maximum Gasteiger partial charge on any atom is 0.488 e. The molecule has 0 heterocycles. The third-order valence-electron chi connectivity index (χ3n) is 2.07.